The van der Waals surface area contributed by atoms with Crippen molar-refractivity contribution in [2.75, 3.05) is 25.5 Å². The Labute approximate surface area is 211 Å². The number of hydrogen-bond donors (Lipinski definition) is 1. The van der Waals surface area contributed by atoms with Crippen LogP contribution in [-0.4, -0.2) is 60.1 Å². The summed E-state index contributed by atoms with van der Waals surface area (Å²) in [4.78, 5) is 5.04. The second-order valence-electron chi connectivity index (χ2n) is 9.04. The van der Waals surface area contributed by atoms with Crippen LogP contribution in [0.4, 0.5) is 5.82 Å². The van der Waals surface area contributed by atoms with Gasteiger partial charge in [0.05, 0.1) is 31.2 Å². The zero-order chi connectivity index (χ0) is 25.5. The van der Waals surface area contributed by atoms with Crippen LogP contribution in [0.25, 0.3) is 12.2 Å². The highest BCUT2D eigenvalue weighted by molar-refractivity contribution is 6.05. The first kappa shape index (κ1) is 26.5. The lowest BCUT2D eigenvalue weighted by atomic mass is 9.98. The van der Waals surface area contributed by atoms with Gasteiger partial charge in [-0.2, -0.15) is 10.4 Å². The molecule has 2 aliphatic heterocycles. The van der Waals surface area contributed by atoms with E-state index in [0.29, 0.717) is 24.2 Å². The number of aryl methyl sites for hydroxylation is 1. The molecule has 7 heteroatoms. The summed E-state index contributed by atoms with van der Waals surface area (Å²) in [5.41, 5.74) is 5.01. The Morgan fingerprint density at radius 1 is 1.23 bits per heavy atom. The Hall–Kier alpha value is -3.11. The molecule has 0 saturated carbocycles. The molecule has 2 aromatic rings. The molecule has 2 unspecified atom stereocenters. The van der Waals surface area contributed by atoms with E-state index < -0.39 is 0 Å². The van der Waals surface area contributed by atoms with Crippen LogP contribution in [-0.2, 0) is 6.54 Å². The predicted octanol–water partition coefficient (Wildman–Crippen LogP) is 3.04. The van der Waals surface area contributed by atoms with Gasteiger partial charge in [-0.1, -0.05) is 38.0 Å². The number of fused-ring (bicyclic) bond motifs is 1. The van der Waals surface area contributed by atoms with Crippen molar-refractivity contribution in [1.29, 1.82) is 5.26 Å². The number of aromatic nitrogens is 2. The van der Waals surface area contributed by atoms with E-state index in [0.717, 1.165) is 52.6 Å². The van der Waals surface area contributed by atoms with Crippen LogP contribution >= 0.6 is 0 Å². The highest BCUT2D eigenvalue weighted by Gasteiger charge is 2.45. The third kappa shape index (κ3) is 5.43. The molecule has 2 fully saturated rings. The summed E-state index contributed by atoms with van der Waals surface area (Å²) in [6.07, 6.45) is 8.95. The van der Waals surface area contributed by atoms with Crippen LogP contribution in [0.1, 0.15) is 49.1 Å². The Kier molecular flexibility index (Phi) is 9.11. The van der Waals surface area contributed by atoms with E-state index in [2.05, 4.69) is 84.4 Å². The smallest absolute Gasteiger partial charge is 0.156 e. The van der Waals surface area contributed by atoms with E-state index in [-0.39, 0.29) is 0 Å². The molecular formula is C28H37BN6. The fourth-order valence-corrected chi connectivity index (χ4v) is 5.17. The molecule has 0 spiro atoms. The van der Waals surface area contributed by atoms with Crippen molar-refractivity contribution < 1.29 is 0 Å². The molecule has 0 amide bonds. The Balaban J connectivity index is 0.00000167. The van der Waals surface area contributed by atoms with Crippen LogP contribution in [0.15, 0.2) is 30.0 Å². The molecule has 0 bridgehead atoms. The largest absolute Gasteiger partial charge is 0.366 e. The number of nitrogens with one attached hydrogen (secondary N) is 1. The fraction of sp³-hybridized carbons (Fsp3) is 0.464. The summed E-state index contributed by atoms with van der Waals surface area (Å²) in [6.45, 7) is 12.6. The number of allylic oxidation sites excluding steroid dienone is 2. The van der Waals surface area contributed by atoms with Crippen molar-refractivity contribution >= 4 is 25.8 Å². The van der Waals surface area contributed by atoms with Crippen molar-refractivity contribution in [2.24, 2.45) is 0 Å². The maximum atomic E-state index is 9.37. The first-order chi connectivity index (χ1) is 17.0. The van der Waals surface area contributed by atoms with Gasteiger partial charge in [0.15, 0.2) is 5.82 Å². The Bertz CT molecular complexity index is 1230. The van der Waals surface area contributed by atoms with Gasteiger partial charge >= 0.3 is 0 Å². The standard InChI is InChI=1S/C27H34N6.CH3B/c1-6-9-22(33-13-12-25-26(33)17-32(25)5)14-24-23(7-2)19(4)30-31-27(24)29-16-21-11-8-10-20(15-28)18(21)3;1-2/h7-11,14,25-26H,6,12-13,16-17H2,1-5H3,(H,29,31);1H3/b22-9-,23-7-,24-14+;. The highest BCUT2D eigenvalue weighted by Crippen LogP contribution is 2.34. The molecule has 1 aromatic heterocycles. The SMILES string of the molecule is C/C=c1/c(C)nnc(NCc2cccc(C#N)c2C)/c1=C/C(=C/CC)N1CCC2C1CN2C.[B]C. The summed E-state index contributed by atoms with van der Waals surface area (Å²) in [6, 6.07) is 9.39. The number of nitriles is 1. The zero-order valence-electron chi connectivity index (χ0n) is 22.0. The number of anilines is 1. The minimum absolute atomic E-state index is 0.592. The molecule has 1 aromatic carbocycles. The molecule has 2 aliphatic rings. The molecule has 2 radical (unpaired) electrons. The second-order valence-corrected chi connectivity index (χ2v) is 9.04. The first-order valence-electron chi connectivity index (χ1n) is 12.5. The zero-order valence-corrected chi connectivity index (χ0v) is 22.0. The number of benzene rings is 1. The average molecular weight is 468 g/mol. The van der Waals surface area contributed by atoms with Gasteiger partial charge in [0.25, 0.3) is 0 Å². The second kappa shape index (κ2) is 12.0. The number of rotatable bonds is 6. The lowest BCUT2D eigenvalue weighted by Gasteiger charge is -2.45. The average Bonchev–Trinajstić information content (AvgIpc) is 3.22. The monoisotopic (exact) mass is 468 g/mol. The maximum absolute atomic E-state index is 9.37. The van der Waals surface area contributed by atoms with E-state index in [1.807, 2.05) is 26.0 Å². The van der Waals surface area contributed by atoms with Gasteiger partial charge < -0.3 is 10.2 Å². The summed E-state index contributed by atoms with van der Waals surface area (Å²) in [5, 5.41) is 24.0. The number of likely N-dealkylation sites (tertiary alicyclic amines) is 2. The Morgan fingerprint density at radius 2 is 2.00 bits per heavy atom. The summed E-state index contributed by atoms with van der Waals surface area (Å²) in [7, 11) is 6.73. The van der Waals surface area contributed by atoms with Crippen molar-refractivity contribution in [3.8, 4) is 6.07 Å². The Morgan fingerprint density at radius 3 is 2.63 bits per heavy atom. The van der Waals surface area contributed by atoms with Crippen LogP contribution in [0.5, 0.6) is 0 Å². The van der Waals surface area contributed by atoms with Crippen molar-refractivity contribution in [1.82, 2.24) is 20.0 Å². The fourth-order valence-electron chi connectivity index (χ4n) is 5.17. The molecule has 4 rings (SSSR count). The van der Waals surface area contributed by atoms with E-state index in [1.54, 1.807) is 0 Å². The van der Waals surface area contributed by atoms with Crippen LogP contribution in [0, 0.1) is 25.2 Å². The molecule has 2 atom stereocenters. The lowest BCUT2D eigenvalue weighted by molar-refractivity contribution is 0.0627. The van der Waals surface area contributed by atoms with Gasteiger partial charge in [-0.25, -0.2) is 0 Å². The van der Waals surface area contributed by atoms with Gasteiger partial charge in [-0.05, 0) is 63.9 Å². The van der Waals surface area contributed by atoms with Crippen molar-refractivity contribution in [3.05, 3.63) is 62.8 Å². The quantitative estimate of drug-likeness (QED) is 0.658. The minimum atomic E-state index is 0.592. The van der Waals surface area contributed by atoms with Crippen molar-refractivity contribution in [2.45, 2.75) is 66.0 Å². The predicted molar refractivity (Wildman–Crippen MR) is 145 cm³/mol. The molecule has 182 valence electrons. The summed E-state index contributed by atoms with van der Waals surface area (Å²) >= 11 is 0. The van der Waals surface area contributed by atoms with Gasteiger partial charge in [0.2, 0.25) is 0 Å². The molecule has 2 saturated heterocycles. The number of hydrogen-bond acceptors (Lipinski definition) is 6. The topological polar surface area (TPSA) is 68.1 Å². The van der Waals surface area contributed by atoms with E-state index in [9.17, 15) is 5.26 Å². The summed E-state index contributed by atoms with van der Waals surface area (Å²) in [5.74, 6) is 0.777. The van der Waals surface area contributed by atoms with Gasteiger partial charge in [0, 0.05) is 41.8 Å². The molecule has 0 aliphatic carbocycles. The molecule has 35 heavy (non-hydrogen) atoms. The van der Waals surface area contributed by atoms with Crippen LogP contribution < -0.4 is 15.8 Å². The van der Waals surface area contributed by atoms with E-state index in [1.165, 1.54) is 18.9 Å². The molecular weight excluding hydrogens is 431 g/mol. The van der Waals surface area contributed by atoms with Gasteiger partial charge in [-0.3, -0.25) is 4.90 Å². The van der Waals surface area contributed by atoms with Crippen molar-refractivity contribution in [3.63, 3.8) is 0 Å². The van der Waals surface area contributed by atoms with Crippen LogP contribution in [0.2, 0.25) is 6.82 Å². The van der Waals surface area contributed by atoms with E-state index >= 15 is 0 Å². The third-order valence-electron chi connectivity index (χ3n) is 7.13. The van der Waals surface area contributed by atoms with E-state index in [4.69, 9.17) is 0 Å². The molecule has 1 N–H and O–H groups in total. The number of likely N-dealkylation sites (N-methyl/N-ethyl adjacent to an activating group) is 1. The van der Waals surface area contributed by atoms with Crippen LogP contribution in [0.3, 0.4) is 0 Å². The maximum Gasteiger partial charge on any atom is 0.156 e. The molecule has 6 nitrogen and oxygen atoms in total. The highest BCUT2D eigenvalue weighted by atomic mass is 15.4. The normalized spacial score (nSPS) is 20.6. The summed E-state index contributed by atoms with van der Waals surface area (Å²) < 4.78 is 0. The minimum Gasteiger partial charge on any atom is -0.366 e. The lowest BCUT2D eigenvalue weighted by Crippen LogP contribution is -2.59. The molecule has 3 heterocycles. The number of nitrogens with zero attached hydrogens (tertiary/aromatic N) is 5. The van der Waals surface area contributed by atoms with Gasteiger partial charge in [-0.15, -0.1) is 5.10 Å². The third-order valence-corrected chi connectivity index (χ3v) is 7.13. The van der Waals surface area contributed by atoms with Gasteiger partial charge in [0.1, 0.15) is 0 Å². The first-order valence-corrected chi connectivity index (χ1v) is 12.5.